The van der Waals surface area contributed by atoms with Gasteiger partial charge in [0.1, 0.15) is 0 Å². The summed E-state index contributed by atoms with van der Waals surface area (Å²) in [5.41, 5.74) is 0.430. The number of hydrogen-bond donors (Lipinski definition) is 1. The van der Waals surface area contributed by atoms with E-state index in [4.69, 9.17) is 11.6 Å². The highest BCUT2D eigenvalue weighted by molar-refractivity contribution is 9.10. The molecule has 2 aromatic rings. The smallest absolute Gasteiger partial charge is 0.164 e. The van der Waals surface area contributed by atoms with Gasteiger partial charge in [0.15, 0.2) is 5.82 Å². The number of rotatable bonds is 3. The van der Waals surface area contributed by atoms with Crippen molar-refractivity contribution in [2.75, 3.05) is 5.32 Å². The van der Waals surface area contributed by atoms with Gasteiger partial charge in [-0.05, 0) is 41.1 Å². The molecule has 1 aromatic heterocycles. The maximum Gasteiger partial charge on any atom is 0.164 e. The van der Waals surface area contributed by atoms with Crippen LogP contribution in [0.2, 0.25) is 5.02 Å². The van der Waals surface area contributed by atoms with Crippen LogP contribution in [0, 0.1) is 12.7 Å². The first kappa shape index (κ1) is 12.9. The molecule has 1 N–H and O–H groups in total. The monoisotopic (exact) mass is 333 g/mol. The SMILES string of the molecule is Cc1sc(CNc2cccc(Cl)c2F)cc1Br. The third-order valence-corrected chi connectivity index (χ3v) is 4.74. The lowest BCUT2D eigenvalue weighted by Gasteiger charge is -2.06. The molecule has 0 aliphatic carbocycles. The maximum absolute atomic E-state index is 13.6. The topological polar surface area (TPSA) is 12.0 Å². The Kier molecular flexibility index (Phi) is 4.07. The van der Waals surface area contributed by atoms with Crippen LogP contribution in [0.5, 0.6) is 0 Å². The molecule has 5 heteroatoms. The first-order valence-electron chi connectivity index (χ1n) is 5.00. The summed E-state index contributed by atoms with van der Waals surface area (Å²) in [6, 6.07) is 6.98. The van der Waals surface area contributed by atoms with Crippen molar-refractivity contribution < 1.29 is 4.39 Å². The molecule has 0 aliphatic heterocycles. The number of nitrogens with one attached hydrogen (secondary N) is 1. The standard InChI is InChI=1S/C12H10BrClFNS/c1-7-9(13)5-8(17-7)6-16-11-4-2-3-10(14)12(11)15/h2-5,16H,6H2,1H3. The summed E-state index contributed by atoms with van der Waals surface area (Å²) in [7, 11) is 0. The molecule has 0 spiro atoms. The molecule has 1 heterocycles. The predicted molar refractivity (Wildman–Crippen MR) is 75.5 cm³/mol. The second kappa shape index (κ2) is 5.38. The molecule has 0 amide bonds. The zero-order valence-electron chi connectivity index (χ0n) is 9.06. The molecule has 0 fully saturated rings. The van der Waals surface area contributed by atoms with E-state index in [1.165, 1.54) is 10.9 Å². The molecule has 0 atom stereocenters. The number of thiophene rings is 1. The molecule has 2 rings (SSSR count). The Labute approximate surface area is 117 Å². The van der Waals surface area contributed by atoms with Gasteiger partial charge in [0.05, 0.1) is 10.7 Å². The third-order valence-electron chi connectivity index (χ3n) is 2.31. The average Bonchev–Trinajstić information content (AvgIpc) is 2.61. The lowest BCUT2D eigenvalue weighted by atomic mass is 10.3. The normalized spacial score (nSPS) is 10.6. The molecular formula is C12H10BrClFNS. The Morgan fingerprint density at radius 2 is 2.24 bits per heavy atom. The summed E-state index contributed by atoms with van der Waals surface area (Å²) < 4.78 is 14.7. The first-order chi connectivity index (χ1) is 8.08. The molecule has 0 saturated heterocycles. The van der Waals surface area contributed by atoms with Crippen LogP contribution in [0.3, 0.4) is 0 Å². The Hall–Kier alpha value is -0.580. The van der Waals surface area contributed by atoms with Gasteiger partial charge in [0.2, 0.25) is 0 Å². The van der Waals surface area contributed by atoms with Gasteiger partial charge in [-0.2, -0.15) is 0 Å². The molecule has 1 aromatic carbocycles. The Morgan fingerprint density at radius 3 is 2.88 bits per heavy atom. The minimum Gasteiger partial charge on any atom is -0.378 e. The van der Waals surface area contributed by atoms with Gasteiger partial charge in [-0.25, -0.2) is 4.39 Å². The summed E-state index contributed by atoms with van der Waals surface area (Å²) in [4.78, 5) is 2.36. The van der Waals surface area contributed by atoms with Crippen molar-refractivity contribution in [3.63, 3.8) is 0 Å². The lowest BCUT2D eigenvalue weighted by molar-refractivity contribution is 0.630. The molecule has 0 radical (unpaired) electrons. The van der Waals surface area contributed by atoms with Crippen molar-refractivity contribution in [3.05, 3.63) is 49.3 Å². The van der Waals surface area contributed by atoms with Gasteiger partial charge in [-0.1, -0.05) is 17.7 Å². The fourth-order valence-corrected chi connectivity index (χ4v) is 3.14. The molecule has 1 nitrogen and oxygen atoms in total. The zero-order valence-corrected chi connectivity index (χ0v) is 12.2. The fourth-order valence-electron chi connectivity index (χ4n) is 1.43. The lowest BCUT2D eigenvalue weighted by Crippen LogP contribution is -1.99. The average molecular weight is 335 g/mol. The number of hydrogen-bond acceptors (Lipinski definition) is 2. The molecule has 0 bridgehead atoms. The number of halogens is 3. The largest absolute Gasteiger partial charge is 0.378 e. The van der Waals surface area contributed by atoms with Gasteiger partial charge < -0.3 is 5.32 Å². The van der Waals surface area contributed by atoms with Gasteiger partial charge in [0, 0.05) is 20.8 Å². The van der Waals surface area contributed by atoms with E-state index in [1.54, 1.807) is 23.5 Å². The van der Waals surface area contributed by atoms with Crippen LogP contribution in [0.25, 0.3) is 0 Å². The molecule has 0 saturated carbocycles. The van der Waals surface area contributed by atoms with Gasteiger partial charge in [-0.15, -0.1) is 11.3 Å². The van der Waals surface area contributed by atoms with E-state index in [-0.39, 0.29) is 5.02 Å². The second-order valence-electron chi connectivity index (χ2n) is 3.57. The Balaban J connectivity index is 2.10. The highest BCUT2D eigenvalue weighted by Crippen LogP contribution is 2.28. The van der Waals surface area contributed by atoms with Crippen molar-refractivity contribution >= 4 is 44.6 Å². The van der Waals surface area contributed by atoms with E-state index in [2.05, 4.69) is 21.2 Å². The van der Waals surface area contributed by atoms with E-state index < -0.39 is 5.82 Å². The van der Waals surface area contributed by atoms with Crippen LogP contribution in [0.15, 0.2) is 28.7 Å². The van der Waals surface area contributed by atoms with Crippen LogP contribution in [-0.4, -0.2) is 0 Å². The summed E-state index contributed by atoms with van der Waals surface area (Å²) in [6.45, 7) is 2.63. The number of aryl methyl sites for hydroxylation is 1. The molecule has 0 aliphatic rings. The van der Waals surface area contributed by atoms with Gasteiger partial charge >= 0.3 is 0 Å². The Bertz CT molecular complexity index is 522. The molecule has 0 unspecified atom stereocenters. The van der Waals surface area contributed by atoms with Gasteiger partial charge in [0.25, 0.3) is 0 Å². The summed E-state index contributed by atoms with van der Waals surface area (Å²) >= 11 is 10.8. The highest BCUT2D eigenvalue weighted by atomic mass is 79.9. The molecule has 90 valence electrons. The highest BCUT2D eigenvalue weighted by Gasteiger charge is 2.07. The minimum absolute atomic E-state index is 0.138. The van der Waals surface area contributed by atoms with E-state index in [1.807, 2.05) is 13.0 Å². The predicted octanol–water partition coefficient (Wildman–Crippen LogP) is 5.22. The molecule has 17 heavy (non-hydrogen) atoms. The maximum atomic E-state index is 13.6. The van der Waals surface area contributed by atoms with Crippen LogP contribution < -0.4 is 5.32 Å². The van der Waals surface area contributed by atoms with Crippen molar-refractivity contribution in [3.8, 4) is 0 Å². The summed E-state index contributed by atoms with van der Waals surface area (Å²) in [5, 5.41) is 3.18. The molecular weight excluding hydrogens is 325 g/mol. The minimum atomic E-state index is -0.401. The second-order valence-corrected chi connectivity index (χ2v) is 6.17. The van der Waals surface area contributed by atoms with Crippen LogP contribution in [0.1, 0.15) is 9.75 Å². The van der Waals surface area contributed by atoms with Crippen LogP contribution in [0.4, 0.5) is 10.1 Å². The van der Waals surface area contributed by atoms with E-state index in [9.17, 15) is 4.39 Å². The number of benzene rings is 1. The van der Waals surface area contributed by atoms with Crippen molar-refractivity contribution in [1.29, 1.82) is 0 Å². The van der Waals surface area contributed by atoms with Crippen molar-refractivity contribution in [1.82, 2.24) is 0 Å². The van der Waals surface area contributed by atoms with Crippen LogP contribution >= 0.6 is 38.9 Å². The van der Waals surface area contributed by atoms with E-state index in [0.29, 0.717) is 12.2 Å². The summed E-state index contributed by atoms with van der Waals surface area (Å²) in [5.74, 6) is -0.401. The van der Waals surface area contributed by atoms with Gasteiger partial charge in [-0.3, -0.25) is 0 Å². The number of anilines is 1. The van der Waals surface area contributed by atoms with E-state index >= 15 is 0 Å². The van der Waals surface area contributed by atoms with Crippen molar-refractivity contribution in [2.24, 2.45) is 0 Å². The third kappa shape index (κ3) is 3.00. The zero-order chi connectivity index (χ0) is 12.4. The van der Waals surface area contributed by atoms with Crippen molar-refractivity contribution in [2.45, 2.75) is 13.5 Å². The quantitative estimate of drug-likeness (QED) is 0.811. The van der Waals surface area contributed by atoms with Crippen LogP contribution in [-0.2, 0) is 6.54 Å². The first-order valence-corrected chi connectivity index (χ1v) is 6.99. The summed E-state index contributed by atoms with van der Waals surface area (Å²) in [6.07, 6.45) is 0. The fraction of sp³-hybridized carbons (Fsp3) is 0.167. The van der Waals surface area contributed by atoms with E-state index in [0.717, 1.165) is 9.35 Å². The Morgan fingerprint density at radius 1 is 1.47 bits per heavy atom.